The molecule has 122 valence electrons. The van der Waals surface area contributed by atoms with Crippen LogP contribution in [0.25, 0.3) is 0 Å². The number of furan rings is 1. The minimum Gasteiger partial charge on any atom is -0.465 e. The molecule has 0 spiro atoms. The van der Waals surface area contributed by atoms with Crippen molar-refractivity contribution in [2.24, 2.45) is 0 Å². The van der Waals surface area contributed by atoms with E-state index in [4.69, 9.17) is 16.0 Å². The number of nitro groups is 1. The molecule has 0 unspecified atom stereocenters. The Morgan fingerprint density at radius 3 is 2.57 bits per heavy atom. The highest BCUT2D eigenvalue weighted by Crippen LogP contribution is 2.29. The van der Waals surface area contributed by atoms with Gasteiger partial charge in [-0.25, -0.2) is 0 Å². The smallest absolute Gasteiger partial charge is 0.269 e. The molecule has 0 aliphatic rings. The van der Waals surface area contributed by atoms with Crippen molar-refractivity contribution >= 4 is 39.1 Å². The van der Waals surface area contributed by atoms with Crippen LogP contribution in [-0.2, 0) is 6.54 Å². The van der Waals surface area contributed by atoms with E-state index in [2.05, 4.69) is 15.9 Å². The van der Waals surface area contributed by atoms with Gasteiger partial charge < -0.3 is 9.32 Å². The van der Waals surface area contributed by atoms with E-state index in [0.29, 0.717) is 32.1 Å². The molecule has 1 amide bonds. The van der Waals surface area contributed by atoms with E-state index >= 15 is 0 Å². The minimum atomic E-state index is -0.498. The van der Waals surface area contributed by atoms with Crippen LogP contribution >= 0.6 is 27.5 Å². The monoisotopic (exact) mass is 400 g/mol. The van der Waals surface area contributed by atoms with Crippen molar-refractivity contribution in [1.29, 1.82) is 0 Å². The summed E-state index contributed by atoms with van der Waals surface area (Å²) in [5, 5.41) is 11.2. The van der Waals surface area contributed by atoms with Crippen molar-refractivity contribution in [3.8, 4) is 0 Å². The van der Waals surface area contributed by atoms with Gasteiger partial charge in [0.1, 0.15) is 11.5 Å². The Balaban J connectivity index is 2.28. The van der Waals surface area contributed by atoms with Crippen molar-refractivity contribution in [3.63, 3.8) is 0 Å². The number of benzene rings is 1. The van der Waals surface area contributed by atoms with Crippen LogP contribution in [0.3, 0.4) is 0 Å². The van der Waals surface area contributed by atoms with Gasteiger partial charge in [-0.1, -0.05) is 11.6 Å². The highest BCUT2D eigenvalue weighted by Gasteiger charge is 2.23. The van der Waals surface area contributed by atoms with Gasteiger partial charge in [0.15, 0.2) is 0 Å². The summed E-state index contributed by atoms with van der Waals surface area (Å²) in [6, 6.07) is 4.15. The average Bonchev–Trinajstić information content (AvgIpc) is 2.73. The van der Waals surface area contributed by atoms with Crippen molar-refractivity contribution in [2.75, 3.05) is 7.05 Å². The minimum absolute atomic E-state index is 0.0678. The molecule has 0 saturated heterocycles. The zero-order valence-corrected chi connectivity index (χ0v) is 15.1. The largest absolute Gasteiger partial charge is 0.465 e. The Kier molecular flexibility index (Phi) is 5.11. The molecule has 6 nitrogen and oxygen atoms in total. The molecule has 0 radical (unpaired) electrons. The second-order valence-corrected chi connectivity index (χ2v) is 6.30. The van der Waals surface area contributed by atoms with Crippen LogP contribution in [0, 0.1) is 24.0 Å². The van der Waals surface area contributed by atoms with E-state index < -0.39 is 4.92 Å². The number of carbonyl (C=O) groups is 1. The van der Waals surface area contributed by atoms with Gasteiger partial charge in [-0.2, -0.15) is 0 Å². The number of nitro benzene ring substituents is 1. The lowest BCUT2D eigenvalue weighted by Crippen LogP contribution is -2.26. The predicted octanol–water partition coefficient (Wildman–Crippen LogP) is 4.49. The molecule has 0 bridgehead atoms. The molecule has 2 rings (SSSR count). The third-order valence-electron chi connectivity index (χ3n) is 3.40. The SMILES string of the molecule is Cc1oc(C)c(C(=O)N(C)Cc2cc([N+](=O)[O-])ccc2Cl)c1Br. The third kappa shape index (κ3) is 3.56. The molecule has 0 fully saturated rings. The summed E-state index contributed by atoms with van der Waals surface area (Å²) in [6.45, 7) is 3.61. The number of carbonyl (C=O) groups excluding carboxylic acids is 1. The molecule has 0 atom stereocenters. The van der Waals surface area contributed by atoms with E-state index in [1.54, 1.807) is 20.9 Å². The Hall–Kier alpha value is -1.86. The number of hydrogen-bond acceptors (Lipinski definition) is 4. The second kappa shape index (κ2) is 6.72. The number of non-ortho nitro benzene ring substituents is 1. The Labute approximate surface area is 146 Å². The Bertz CT molecular complexity index is 788. The number of amides is 1. The van der Waals surface area contributed by atoms with Crippen molar-refractivity contribution in [1.82, 2.24) is 4.90 Å². The number of hydrogen-bond donors (Lipinski definition) is 0. The summed E-state index contributed by atoms with van der Waals surface area (Å²) in [4.78, 5) is 24.4. The molecule has 8 heteroatoms. The summed E-state index contributed by atoms with van der Waals surface area (Å²) in [6.07, 6.45) is 0. The van der Waals surface area contributed by atoms with Crippen LogP contribution in [0.2, 0.25) is 5.02 Å². The molecule has 0 aliphatic carbocycles. The summed E-state index contributed by atoms with van der Waals surface area (Å²) < 4.78 is 6.04. The molecule has 0 aliphatic heterocycles. The molecule has 23 heavy (non-hydrogen) atoms. The van der Waals surface area contributed by atoms with Crippen LogP contribution in [0.15, 0.2) is 27.1 Å². The lowest BCUT2D eigenvalue weighted by atomic mass is 10.1. The van der Waals surface area contributed by atoms with E-state index in [1.807, 2.05) is 0 Å². The van der Waals surface area contributed by atoms with E-state index in [9.17, 15) is 14.9 Å². The van der Waals surface area contributed by atoms with Crippen LogP contribution in [0.4, 0.5) is 5.69 Å². The normalized spacial score (nSPS) is 10.7. The molecular weight excluding hydrogens is 388 g/mol. The van der Waals surface area contributed by atoms with Gasteiger partial charge in [-0.05, 0) is 41.4 Å². The molecule has 1 heterocycles. The van der Waals surface area contributed by atoms with Gasteiger partial charge in [-0.15, -0.1) is 0 Å². The van der Waals surface area contributed by atoms with Gasteiger partial charge >= 0.3 is 0 Å². The van der Waals surface area contributed by atoms with E-state index in [-0.39, 0.29) is 18.1 Å². The van der Waals surface area contributed by atoms with Crippen molar-refractivity contribution in [3.05, 3.63) is 60.5 Å². The fraction of sp³-hybridized carbons (Fsp3) is 0.267. The number of rotatable bonds is 4. The quantitative estimate of drug-likeness (QED) is 0.558. The van der Waals surface area contributed by atoms with Gasteiger partial charge in [0.2, 0.25) is 0 Å². The number of halogens is 2. The maximum atomic E-state index is 12.6. The van der Waals surface area contributed by atoms with Crippen LogP contribution in [-0.4, -0.2) is 22.8 Å². The summed E-state index contributed by atoms with van der Waals surface area (Å²) in [5.74, 6) is 0.873. The van der Waals surface area contributed by atoms with Crippen molar-refractivity contribution < 1.29 is 14.1 Å². The first-order valence-electron chi connectivity index (χ1n) is 6.66. The second-order valence-electron chi connectivity index (χ2n) is 5.10. The van der Waals surface area contributed by atoms with Gasteiger partial charge in [0, 0.05) is 30.7 Å². The molecule has 1 aromatic heterocycles. The van der Waals surface area contributed by atoms with E-state index in [0.717, 1.165) is 0 Å². The maximum absolute atomic E-state index is 12.6. The van der Waals surface area contributed by atoms with E-state index in [1.165, 1.54) is 23.1 Å². The topological polar surface area (TPSA) is 76.6 Å². The lowest BCUT2D eigenvalue weighted by Gasteiger charge is -2.18. The molecular formula is C15H14BrClN2O4. The zero-order chi connectivity index (χ0) is 17.3. The maximum Gasteiger partial charge on any atom is 0.269 e. The number of nitrogens with zero attached hydrogens (tertiary/aromatic N) is 2. The summed E-state index contributed by atoms with van der Waals surface area (Å²) in [5.41, 5.74) is 0.874. The molecule has 0 saturated carbocycles. The first-order valence-corrected chi connectivity index (χ1v) is 7.83. The predicted molar refractivity (Wildman–Crippen MR) is 89.8 cm³/mol. The average molecular weight is 402 g/mol. The molecule has 0 N–H and O–H groups in total. The summed E-state index contributed by atoms with van der Waals surface area (Å²) in [7, 11) is 1.60. The molecule has 1 aromatic carbocycles. The standard InChI is InChI=1S/C15H14BrClN2O4/c1-8-13(14(16)9(2)23-8)15(20)18(3)7-10-6-11(19(21)22)4-5-12(10)17/h4-6H,7H2,1-3H3. The highest BCUT2D eigenvalue weighted by atomic mass is 79.9. The fourth-order valence-electron chi connectivity index (χ4n) is 2.21. The van der Waals surface area contributed by atoms with Crippen LogP contribution < -0.4 is 0 Å². The molecule has 2 aromatic rings. The van der Waals surface area contributed by atoms with Gasteiger partial charge in [-0.3, -0.25) is 14.9 Å². The Morgan fingerprint density at radius 2 is 2.04 bits per heavy atom. The number of aryl methyl sites for hydroxylation is 2. The van der Waals surface area contributed by atoms with Gasteiger partial charge in [0.25, 0.3) is 11.6 Å². The van der Waals surface area contributed by atoms with Crippen LogP contribution in [0.5, 0.6) is 0 Å². The lowest BCUT2D eigenvalue weighted by molar-refractivity contribution is -0.384. The first kappa shape index (κ1) is 17.5. The van der Waals surface area contributed by atoms with Crippen molar-refractivity contribution in [2.45, 2.75) is 20.4 Å². The zero-order valence-electron chi connectivity index (χ0n) is 12.7. The van der Waals surface area contributed by atoms with Gasteiger partial charge in [0.05, 0.1) is 15.0 Å². The van der Waals surface area contributed by atoms with Crippen LogP contribution in [0.1, 0.15) is 27.4 Å². The first-order chi connectivity index (χ1) is 10.7. The third-order valence-corrected chi connectivity index (χ3v) is 4.72. The Morgan fingerprint density at radius 1 is 1.39 bits per heavy atom. The fourth-order valence-corrected chi connectivity index (χ4v) is 2.92. The summed E-state index contributed by atoms with van der Waals surface area (Å²) >= 11 is 9.42. The highest BCUT2D eigenvalue weighted by molar-refractivity contribution is 9.10.